The Morgan fingerprint density at radius 3 is 2.13 bits per heavy atom. The number of imide groups is 1. The van der Waals surface area contributed by atoms with Gasteiger partial charge >= 0.3 is 0 Å². The van der Waals surface area contributed by atoms with Crippen LogP contribution in [0.5, 0.6) is 0 Å². The summed E-state index contributed by atoms with van der Waals surface area (Å²) in [6.07, 6.45) is 6.05. The molecule has 30 heavy (non-hydrogen) atoms. The summed E-state index contributed by atoms with van der Waals surface area (Å²) >= 11 is 0. The normalized spacial score (nSPS) is 22.2. The number of halogens is 1. The fraction of sp³-hybridized carbons (Fsp3) is 0.565. The molecule has 1 saturated carbocycles. The first-order valence-electron chi connectivity index (χ1n) is 11.1. The van der Waals surface area contributed by atoms with Gasteiger partial charge in [0.1, 0.15) is 11.5 Å². The predicted molar refractivity (Wildman–Crippen MR) is 112 cm³/mol. The minimum Gasteiger partial charge on any atom is -0.395 e. The molecule has 0 radical (unpaired) electrons. The van der Waals surface area contributed by atoms with Gasteiger partial charge in [-0.3, -0.25) is 19.4 Å². The molecular weight excluding hydrogens is 385 g/mol. The van der Waals surface area contributed by atoms with Crippen LogP contribution in [0.15, 0.2) is 30.0 Å². The lowest BCUT2D eigenvalue weighted by molar-refractivity contribution is -0.140. The number of aliphatic hydroxyl groups is 1. The lowest BCUT2D eigenvalue weighted by atomic mass is 10.0. The van der Waals surface area contributed by atoms with Crippen molar-refractivity contribution < 1.29 is 19.1 Å². The summed E-state index contributed by atoms with van der Waals surface area (Å²) in [6.45, 7) is 3.42. The van der Waals surface area contributed by atoms with Gasteiger partial charge in [-0.15, -0.1) is 0 Å². The predicted octanol–water partition coefficient (Wildman–Crippen LogP) is 2.24. The largest absolute Gasteiger partial charge is 0.395 e. The maximum atomic E-state index is 13.6. The smallest absolute Gasteiger partial charge is 0.278 e. The monoisotopic (exact) mass is 415 g/mol. The lowest BCUT2D eigenvalue weighted by Gasteiger charge is -2.36. The highest BCUT2D eigenvalue weighted by molar-refractivity contribution is 6.35. The Bertz CT molecular complexity index is 807. The summed E-state index contributed by atoms with van der Waals surface area (Å²) < 4.78 is 13.5. The minimum atomic E-state index is -0.365. The first-order valence-corrected chi connectivity index (χ1v) is 11.1. The SMILES string of the molecule is O=C1C(c2ccc(F)cc2)=C(N2CCN(CCO)CC2)C(=O)N1C1CCCCCC1. The average molecular weight is 416 g/mol. The van der Waals surface area contributed by atoms with Crippen LogP contribution < -0.4 is 0 Å². The van der Waals surface area contributed by atoms with Crippen molar-refractivity contribution in [2.24, 2.45) is 0 Å². The van der Waals surface area contributed by atoms with E-state index in [1.807, 2.05) is 4.90 Å². The summed E-state index contributed by atoms with van der Waals surface area (Å²) in [4.78, 5) is 32.7. The molecule has 162 valence electrons. The maximum absolute atomic E-state index is 13.6. The van der Waals surface area contributed by atoms with Crippen LogP contribution >= 0.6 is 0 Å². The van der Waals surface area contributed by atoms with Gasteiger partial charge in [0, 0.05) is 38.8 Å². The second kappa shape index (κ2) is 9.27. The van der Waals surface area contributed by atoms with Crippen molar-refractivity contribution in [3.63, 3.8) is 0 Å². The highest BCUT2D eigenvalue weighted by Gasteiger charge is 2.45. The molecule has 0 atom stereocenters. The van der Waals surface area contributed by atoms with Gasteiger partial charge in [0.15, 0.2) is 0 Å². The van der Waals surface area contributed by atoms with E-state index >= 15 is 0 Å². The Morgan fingerprint density at radius 2 is 1.53 bits per heavy atom. The van der Waals surface area contributed by atoms with E-state index in [4.69, 9.17) is 0 Å². The van der Waals surface area contributed by atoms with Gasteiger partial charge in [0.2, 0.25) is 0 Å². The zero-order valence-electron chi connectivity index (χ0n) is 17.4. The van der Waals surface area contributed by atoms with Gasteiger partial charge in [-0.25, -0.2) is 4.39 Å². The Hall–Kier alpha value is -2.25. The van der Waals surface area contributed by atoms with Gasteiger partial charge in [0.05, 0.1) is 12.2 Å². The fourth-order valence-corrected chi connectivity index (χ4v) is 4.89. The zero-order valence-corrected chi connectivity index (χ0v) is 17.4. The summed E-state index contributed by atoms with van der Waals surface area (Å²) in [5.41, 5.74) is 1.46. The van der Waals surface area contributed by atoms with Crippen LogP contribution in [0.25, 0.3) is 5.57 Å². The van der Waals surface area contributed by atoms with Gasteiger partial charge in [-0.1, -0.05) is 37.8 Å². The number of amides is 2. The highest BCUT2D eigenvalue weighted by Crippen LogP contribution is 2.36. The maximum Gasteiger partial charge on any atom is 0.278 e. The number of piperazine rings is 1. The van der Waals surface area contributed by atoms with E-state index in [1.165, 1.54) is 17.0 Å². The zero-order chi connectivity index (χ0) is 21.1. The van der Waals surface area contributed by atoms with Gasteiger partial charge < -0.3 is 10.0 Å². The number of carbonyl (C=O) groups excluding carboxylic acids is 2. The van der Waals surface area contributed by atoms with Crippen LogP contribution in [-0.2, 0) is 9.59 Å². The fourth-order valence-electron chi connectivity index (χ4n) is 4.89. The van der Waals surface area contributed by atoms with E-state index in [9.17, 15) is 19.1 Å². The molecule has 0 bridgehead atoms. The van der Waals surface area contributed by atoms with Crippen molar-refractivity contribution in [3.05, 3.63) is 41.3 Å². The number of carbonyl (C=O) groups is 2. The van der Waals surface area contributed by atoms with E-state index in [0.29, 0.717) is 36.5 Å². The van der Waals surface area contributed by atoms with Crippen molar-refractivity contribution in [2.45, 2.75) is 44.6 Å². The van der Waals surface area contributed by atoms with E-state index < -0.39 is 0 Å². The molecule has 2 amide bonds. The number of nitrogens with zero attached hydrogens (tertiary/aromatic N) is 3. The molecule has 1 aromatic carbocycles. The van der Waals surface area contributed by atoms with Gasteiger partial charge in [-0.05, 0) is 30.5 Å². The molecule has 1 saturated heterocycles. The Morgan fingerprint density at radius 1 is 0.900 bits per heavy atom. The van der Waals surface area contributed by atoms with E-state index in [1.54, 1.807) is 12.1 Å². The van der Waals surface area contributed by atoms with Crippen molar-refractivity contribution in [3.8, 4) is 0 Å². The summed E-state index contributed by atoms with van der Waals surface area (Å²) in [7, 11) is 0. The van der Waals surface area contributed by atoms with Crippen LogP contribution in [0, 0.1) is 5.82 Å². The van der Waals surface area contributed by atoms with E-state index in [-0.39, 0.29) is 30.3 Å². The third-order valence-electron chi connectivity index (χ3n) is 6.52. The van der Waals surface area contributed by atoms with Crippen LogP contribution in [-0.4, -0.2) is 77.0 Å². The lowest BCUT2D eigenvalue weighted by Crippen LogP contribution is -2.49. The Balaban J connectivity index is 1.66. The summed E-state index contributed by atoms with van der Waals surface area (Å²) in [5.74, 6) is -0.816. The van der Waals surface area contributed by atoms with Crippen LogP contribution in [0.2, 0.25) is 0 Å². The minimum absolute atomic E-state index is 0.0591. The van der Waals surface area contributed by atoms with Crippen LogP contribution in [0.3, 0.4) is 0 Å². The highest BCUT2D eigenvalue weighted by atomic mass is 19.1. The number of hydrogen-bond donors (Lipinski definition) is 1. The second-order valence-corrected chi connectivity index (χ2v) is 8.41. The molecule has 2 fully saturated rings. The molecule has 6 nitrogen and oxygen atoms in total. The van der Waals surface area contributed by atoms with Gasteiger partial charge in [0.25, 0.3) is 11.8 Å². The molecule has 1 aliphatic carbocycles. The molecule has 0 unspecified atom stereocenters. The molecular formula is C23H30FN3O3. The molecule has 2 heterocycles. The standard InChI is InChI=1S/C23H30FN3O3/c24-18-9-7-17(8-10-18)20-21(26-13-11-25(12-14-26)15-16-28)23(30)27(22(20)29)19-5-3-1-2-4-6-19/h7-10,19,28H,1-6,11-16H2. The first-order chi connectivity index (χ1) is 14.6. The number of aliphatic hydroxyl groups excluding tert-OH is 1. The molecule has 0 spiro atoms. The van der Waals surface area contributed by atoms with Crippen LogP contribution in [0.4, 0.5) is 4.39 Å². The van der Waals surface area contributed by atoms with Crippen LogP contribution in [0.1, 0.15) is 44.1 Å². The second-order valence-electron chi connectivity index (χ2n) is 8.41. The number of β-amino-alcohol motifs (C(OH)–C–C–N with tert-alkyl or cyclic N) is 1. The Kier molecular flexibility index (Phi) is 6.49. The van der Waals surface area contributed by atoms with Crippen molar-refractivity contribution in [2.75, 3.05) is 39.3 Å². The van der Waals surface area contributed by atoms with E-state index in [0.717, 1.165) is 51.6 Å². The third-order valence-corrected chi connectivity index (χ3v) is 6.52. The number of hydrogen-bond acceptors (Lipinski definition) is 5. The Labute approximate surface area is 176 Å². The number of benzene rings is 1. The average Bonchev–Trinajstić information content (AvgIpc) is 2.91. The molecule has 2 aliphatic heterocycles. The molecule has 7 heteroatoms. The van der Waals surface area contributed by atoms with Crippen molar-refractivity contribution in [1.82, 2.24) is 14.7 Å². The van der Waals surface area contributed by atoms with Gasteiger partial charge in [-0.2, -0.15) is 0 Å². The third kappa shape index (κ3) is 4.14. The molecule has 3 aliphatic rings. The molecule has 1 N–H and O–H groups in total. The van der Waals surface area contributed by atoms with E-state index in [2.05, 4.69) is 4.90 Å². The molecule has 4 rings (SSSR count). The van der Waals surface area contributed by atoms with Crippen molar-refractivity contribution in [1.29, 1.82) is 0 Å². The quantitative estimate of drug-likeness (QED) is 0.590. The first kappa shape index (κ1) is 21.0. The van der Waals surface area contributed by atoms with Crippen molar-refractivity contribution >= 4 is 17.4 Å². The summed E-state index contributed by atoms with van der Waals surface area (Å²) in [6, 6.07) is 5.80. The molecule has 0 aromatic heterocycles. The number of rotatable bonds is 5. The molecule has 1 aromatic rings. The topological polar surface area (TPSA) is 64.1 Å². The summed E-state index contributed by atoms with van der Waals surface area (Å²) in [5, 5.41) is 9.19.